The molecule has 4 heterocycles. The normalized spacial score (nSPS) is 43.4. The van der Waals surface area contributed by atoms with E-state index in [0.29, 0.717) is 12.5 Å². The molecule has 4 aliphatic heterocycles. The third kappa shape index (κ3) is 5.02. The Hall–Kier alpha value is -2.65. The molecule has 3 fully saturated rings. The number of piperidine rings is 2. The molecular weight excluding hydrogens is 649 g/mol. The van der Waals surface area contributed by atoms with Crippen LogP contribution in [0.5, 0.6) is 0 Å². The lowest BCUT2D eigenvalue weighted by molar-refractivity contribution is -0.221. The Labute approximate surface area is 310 Å². The van der Waals surface area contributed by atoms with Gasteiger partial charge in [-0.1, -0.05) is 57.6 Å². The van der Waals surface area contributed by atoms with Gasteiger partial charge in [-0.15, -0.1) is 0 Å². The maximum absolute atomic E-state index is 14.7. The fourth-order valence-corrected chi connectivity index (χ4v) is 13.4. The summed E-state index contributed by atoms with van der Waals surface area (Å²) in [5.74, 6) is 1.56. The zero-order valence-electron chi connectivity index (χ0n) is 31.6. The Bertz CT molecular complexity index is 1660. The fourth-order valence-electron chi connectivity index (χ4n) is 13.4. The molecule has 0 aromatic rings. The van der Waals surface area contributed by atoms with E-state index < -0.39 is 18.7 Å². The highest BCUT2D eigenvalue weighted by Crippen LogP contribution is 2.67. The van der Waals surface area contributed by atoms with E-state index in [4.69, 9.17) is 9.98 Å². The first kappa shape index (κ1) is 35.1. The van der Waals surface area contributed by atoms with Crippen LogP contribution in [0.1, 0.15) is 91.9 Å². The van der Waals surface area contributed by atoms with Crippen molar-refractivity contribution in [3.63, 3.8) is 0 Å². The van der Waals surface area contributed by atoms with Crippen LogP contribution in [-0.4, -0.2) is 86.3 Å². The summed E-state index contributed by atoms with van der Waals surface area (Å²) in [7, 11) is 0. The van der Waals surface area contributed by atoms with Gasteiger partial charge < -0.3 is 20.2 Å². The second-order valence-corrected chi connectivity index (χ2v) is 17.5. The topological polar surface area (TPSA) is 109 Å². The maximum Gasteiger partial charge on any atom is 0.252 e. The molecule has 52 heavy (non-hydrogen) atoms. The summed E-state index contributed by atoms with van der Waals surface area (Å²) in [4.78, 5) is 28.6. The number of dihydropyridines is 2. The molecule has 14 atom stereocenters. The van der Waals surface area contributed by atoms with Gasteiger partial charge in [-0.05, 0) is 117 Å². The highest BCUT2D eigenvalue weighted by molar-refractivity contribution is 6.01. The third-order valence-electron chi connectivity index (χ3n) is 15.7. The Morgan fingerprint density at radius 1 is 0.846 bits per heavy atom. The largest absolute Gasteiger partial charge is 0.378 e. The lowest BCUT2D eigenvalue weighted by Crippen LogP contribution is -2.66. The molecule has 0 radical (unpaired) electrons. The van der Waals surface area contributed by atoms with Gasteiger partial charge in [-0.25, -0.2) is 4.90 Å². The van der Waals surface area contributed by atoms with Gasteiger partial charge in [0.1, 0.15) is 18.7 Å². The average molecular weight is 709 g/mol. The number of hydrogen-bond donors (Lipinski definition) is 3. The molecule has 0 spiro atoms. The number of carbonyl (C=O) groups excluding carboxylic acids is 1. The van der Waals surface area contributed by atoms with E-state index in [2.05, 4.69) is 63.0 Å². The fraction of sp³-hybridized carbons (Fsp3) is 0.705. The van der Waals surface area contributed by atoms with Gasteiger partial charge in [0.05, 0.1) is 11.8 Å². The van der Waals surface area contributed by atoms with E-state index >= 15 is 0 Å². The number of amides is 1. The van der Waals surface area contributed by atoms with Crippen molar-refractivity contribution >= 4 is 17.8 Å². The molecule has 0 bridgehead atoms. The molecule has 3 N–H and O–H groups in total. The predicted molar refractivity (Wildman–Crippen MR) is 204 cm³/mol. The number of allylic oxidation sites excluding steroid dienone is 6. The van der Waals surface area contributed by atoms with Crippen LogP contribution in [0, 0.1) is 59.2 Å². The molecule has 0 aromatic carbocycles. The number of hydrogen-bond acceptors (Lipinski definition) is 7. The Kier molecular flexibility index (Phi) is 9.16. The maximum atomic E-state index is 14.7. The lowest BCUT2D eigenvalue weighted by Gasteiger charge is -2.64. The van der Waals surface area contributed by atoms with Crippen LogP contribution in [0.4, 0.5) is 0 Å². The SMILES string of the molecule is CCC(CC)N1C(=O)C2=CC(C3C=CC(C4CC=CC=N4)=NC3)C3C4=CCC5C6C4=C(CCC6C(O)N(C(CC)CC)C5O)C4CCC(C2C43)C1O. The summed E-state index contributed by atoms with van der Waals surface area (Å²) in [5.41, 5.74) is 6.46. The first-order valence-corrected chi connectivity index (χ1v) is 21.0. The molecule has 1 amide bonds. The van der Waals surface area contributed by atoms with E-state index in [1.54, 1.807) is 5.57 Å². The first-order chi connectivity index (χ1) is 25.3. The summed E-state index contributed by atoms with van der Waals surface area (Å²) in [6.07, 6.45) is 22.5. The number of aliphatic hydroxyl groups excluding tert-OH is 3. The van der Waals surface area contributed by atoms with Gasteiger partial charge >= 0.3 is 0 Å². The Morgan fingerprint density at radius 2 is 1.60 bits per heavy atom. The quantitative estimate of drug-likeness (QED) is 0.278. The monoisotopic (exact) mass is 708 g/mol. The zero-order valence-corrected chi connectivity index (χ0v) is 31.6. The minimum atomic E-state index is -0.750. The van der Waals surface area contributed by atoms with E-state index in [1.807, 2.05) is 17.2 Å². The molecule has 14 unspecified atom stereocenters. The van der Waals surface area contributed by atoms with Crippen molar-refractivity contribution in [2.24, 2.45) is 69.2 Å². The number of rotatable bonds is 8. The lowest BCUT2D eigenvalue weighted by atomic mass is 9.43. The molecule has 2 saturated heterocycles. The molecular formula is C44H60N4O4. The number of carbonyl (C=O) groups is 1. The van der Waals surface area contributed by atoms with Gasteiger partial charge in [0.25, 0.3) is 5.91 Å². The summed E-state index contributed by atoms with van der Waals surface area (Å²) in [5, 5.41) is 36.2. The minimum Gasteiger partial charge on any atom is -0.378 e. The van der Waals surface area contributed by atoms with E-state index in [9.17, 15) is 20.1 Å². The van der Waals surface area contributed by atoms with Crippen LogP contribution in [0.15, 0.2) is 68.7 Å². The number of nitrogens with zero attached hydrogens (tertiary/aromatic N) is 4. The smallest absolute Gasteiger partial charge is 0.252 e. The molecule has 5 aliphatic carbocycles. The molecule has 8 heteroatoms. The van der Waals surface area contributed by atoms with Crippen molar-refractivity contribution in [2.75, 3.05) is 6.54 Å². The van der Waals surface area contributed by atoms with Crippen LogP contribution < -0.4 is 0 Å². The van der Waals surface area contributed by atoms with Crippen LogP contribution in [-0.2, 0) is 4.79 Å². The highest BCUT2D eigenvalue weighted by Gasteiger charge is 2.64. The number of aliphatic hydroxyl groups is 3. The van der Waals surface area contributed by atoms with Gasteiger partial charge in [-0.2, -0.15) is 0 Å². The van der Waals surface area contributed by atoms with Gasteiger partial charge in [0, 0.05) is 60.0 Å². The molecule has 0 aromatic heterocycles. The van der Waals surface area contributed by atoms with E-state index in [0.717, 1.165) is 75.5 Å². The highest BCUT2D eigenvalue weighted by atomic mass is 16.3. The van der Waals surface area contributed by atoms with Crippen LogP contribution in [0.2, 0.25) is 0 Å². The Balaban J connectivity index is 1.16. The summed E-state index contributed by atoms with van der Waals surface area (Å²) < 4.78 is 0. The van der Waals surface area contributed by atoms with Crippen LogP contribution in [0.3, 0.4) is 0 Å². The summed E-state index contributed by atoms with van der Waals surface area (Å²) >= 11 is 0. The predicted octanol–water partition coefficient (Wildman–Crippen LogP) is 6.22. The second-order valence-electron chi connectivity index (χ2n) is 17.5. The Morgan fingerprint density at radius 3 is 2.29 bits per heavy atom. The van der Waals surface area contributed by atoms with Crippen molar-refractivity contribution < 1.29 is 20.1 Å². The van der Waals surface area contributed by atoms with Crippen molar-refractivity contribution in [2.45, 2.75) is 129 Å². The van der Waals surface area contributed by atoms with Gasteiger partial charge in [0.15, 0.2) is 0 Å². The summed E-state index contributed by atoms with van der Waals surface area (Å²) in [6.45, 7) is 9.30. The van der Waals surface area contributed by atoms with Crippen molar-refractivity contribution in [1.29, 1.82) is 0 Å². The molecule has 8 nitrogen and oxygen atoms in total. The van der Waals surface area contributed by atoms with E-state index in [1.165, 1.54) is 11.1 Å². The minimum absolute atomic E-state index is 0.0303. The van der Waals surface area contributed by atoms with Crippen molar-refractivity contribution in [1.82, 2.24) is 9.80 Å². The summed E-state index contributed by atoms with van der Waals surface area (Å²) in [6, 6.07) is 0.263. The first-order valence-electron chi connectivity index (χ1n) is 21.0. The van der Waals surface area contributed by atoms with Gasteiger partial charge in [0.2, 0.25) is 0 Å². The molecule has 1 saturated carbocycles. The van der Waals surface area contributed by atoms with Crippen LogP contribution in [0.25, 0.3) is 0 Å². The zero-order chi connectivity index (χ0) is 36.0. The average Bonchev–Trinajstić information content (AvgIpc) is 3.18. The van der Waals surface area contributed by atoms with Crippen molar-refractivity contribution in [3.8, 4) is 0 Å². The molecule has 9 aliphatic rings. The van der Waals surface area contributed by atoms with Crippen molar-refractivity contribution in [3.05, 3.63) is 58.7 Å². The standard InChI is InChI=1S/C44H60N4O4/c1-5-24(6-2)47-41(49)29-16-13-26-27-14-17-31-39-33(44(52)48(43(31)51)25(7-3)8-4)21-32(23-12-19-35(46-22-23)34-11-9-10-20-45-34)37(40(27)39)28-15-18-30(42(47)50)38(29)36(26)28/h9-10,12,15,19-21,23-25,27,29-32,34,37-43,49-51H,5-8,11,13-14,16-18,22H2,1-4H3. The molecule has 280 valence electrons. The number of aliphatic imine (C=N–C) groups is 2. The molecule has 9 rings (SSSR count). The number of fused-ring (bicyclic) bond motifs is 2. The van der Waals surface area contributed by atoms with Crippen LogP contribution >= 0.6 is 0 Å². The third-order valence-corrected chi connectivity index (χ3v) is 15.7. The second kappa shape index (κ2) is 13.6. The number of likely N-dealkylation sites (tertiary alicyclic amines) is 2. The van der Waals surface area contributed by atoms with E-state index in [-0.39, 0.29) is 77.3 Å². The van der Waals surface area contributed by atoms with Gasteiger partial charge in [-0.3, -0.25) is 14.8 Å².